The minimum absolute atomic E-state index is 0.323. The maximum absolute atomic E-state index is 11.5. The molecule has 0 spiro atoms. The number of esters is 2. The maximum Gasteiger partial charge on any atom is 0.325 e. The van der Waals surface area contributed by atoms with E-state index in [1.54, 1.807) is 0 Å². The van der Waals surface area contributed by atoms with Crippen molar-refractivity contribution < 1.29 is 19.1 Å². The van der Waals surface area contributed by atoms with Crippen LogP contribution in [-0.4, -0.2) is 35.4 Å². The molecule has 0 aromatic rings. The zero-order valence-corrected chi connectivity index (χ0v) is 13.1. The van der Waals surface area contributed by atoms with Crippen molar-refractivity contribution in [2.24, 2.45) is 0 Å². The molecule has 2 unspecified atom stereocenters. The zero-order chi connectivity index (χ0) is 14.0. The first-order chi connectivity index (χ1) is 8.54. The molecule has 0 radical (unpaired) electrons. The molecule has 6 heteroatoms. The third-order valence-electron chi connectivity index (χ3n) is 2.19. The van der Waals surface area contributed by atoms with Crippen molar-refractivity contribution in [1.29, 1.82) is 0 Å². The highest BCUT2D eigenvalue weighted by Crippen LogP contribution is 2.16. The molecule has 0 bridgehead atoms. The fraction of sp³-hybridized carbons (Fsp3) is 0.833. The summed E-state index contributed by atoms with van der Waals surface area (Å²) < 4.78 is 9.90. The quantitative estimate of drug-likeness (QED) is 0.367. The van der Waals surface area contributed by atoms with E-state index in [1.165, 1.54) is 0 Å². The number of carbonyl (C=O) groups excluding carboxylic acids is 2. The second-order valence-electron chi connectivity index (χ2n) is 3.85. The number of hydrogen-bond donors (Lipinski definition) is 0. The van der Waals surface area contributed by atoms with Gasteiger partial charge in [0.15, 0.2) is 5.38 Å². The van der Waals surface area contributed by atoms with Crippen LogP contribution in [0.4, 0.5) is 0 Å². The Kier molecular flexibility index (Phi) is 10.4. The van der Waals surface area contributed by atoms with Crippen molar-refractivity contribution >= 4 is 39.5 Å². The standard InChI is InChI=1S/C12H20BrClO4/c1-3-5-7-17-11(15)9(13)10(14)12(16)18-8-6-4-2/h9-10H,3-8H2,1-2H3. The summed E-state index contributed by atoms with van der Waals surface area (Å²) in [6.45, 7) is 4.65. The Hall–Kier alpha value is -0.290. The van der Waals surface area contributed by atoms with E-state index in [0.29, 0.717) is 13.2 Å². The first-order valence-electron chi connectivity index (χ1n) is 6.16. The zero-order valence-electron chi connectivity index (χ0n) is 10.8. The summed E-state index contributed by atoms with van der Waals surface area (Å²) in [5.41, 5.74) is 0. The van der Waals surface area contributed by atoms with E-state index < -0.39 is 22.1 Å². The van der Waals surface area contributed by atoms with Gasteiger partial charge in [0.1, 0.15) is 4.83 Å². The Morgan fingerprint density at radius 1 is 1.06 bits per heavy atom. The summed E-state index contributed by atoms with van der Waals surface area (Å²) >= 11 is 8.91. The number of halogens is 2. The molecule has 106 valence electrons. The highest BCUT2D eigenvalue weighted by molar-refractivity contribution is 9.10. The van der Waals surface area contributed by atoms with Crippen molar-refractivity contribution in [1.82, 2.24) is 0 Å². The Morgan fingerprint density at radius 2 is 1.50 bits per heavy atom. The van der Waals surface area contributed by atoms with Crippen LogP contribution in [0.5, 0.6) is 0 Å². The molecule has 0 aliphatic carbocycles. The van der Waals surface area contributed by atoms with Gasteiger partial charge in [-0.3, -0.25) is 9.59 Å². The van der Waals surface area contributed by atoms with E-state index in [9.17, 15) is 9.59 Å². The largest absolute Gasteiger partial charge is 0.465 e. The molecule has 0 fully saturated rings. The highest BCUT2D eigenvalue weighted by atomic mass is 79.9. The Morgan fingerprint density at radius 3 is 1.94 bits per heavy atom. The minimum Gasteiger partial charge on any atom is -0.465 e. The van der Waals surface area contributed by atoms with Gasteiger partial charge >= 0.3 is 11.9 Å². The third kappa shape index (κ3) is 7.21. The van der Waals surface area contributed by atoms with Crippen molar-refractivity contribution in [2.75, 3.05) is 13.2 Å². The van der Waals surface area contributed by atoms with Gasteiger partial charge in [-0.1, -0.05) is 42.6 Å². The molecule has 0 rings (SSSR count). The lowest BCUT2D eigenvalue weighted by Crippen LogP contribution is -2.34. The average molecular weight is 344 g/mol. The molecule has 0 aromatic carbocycles. The summed E-state index contributed by atoms with van der Waals surface area (Å²) in [6.07, 6.45) is 3.43. The Balaban J connectivity index is 4.02. The summed E-state index contributed by atoms with van der Waals surface area (Å²) in [5, 5.41) is -1.06. The van der Waals surface area contributed by atoms with Crippen molar-refractivity contribution in [3.63, 3.8) is 0 Å². The van der Waals surface area contributed by atoms with E-state index in [0.717, 1.165) is 25.7 Å². The summed E-state index contributed by atoms with van der Waals surface area (Å²) in [6, 6.07) is 0. The van der Waals surface area contributed by atoms with Gasteiger partial charge in [-0.2, -0.15) is 0 Å². The van der Waals surface area contributed by atoms with Crippen LogP contribution in [0.2, 0.25) is 0 Å². The lowest BCUT2D eigenvalue weighted by molar-refractivity contribution is -0.149. The van der Waals surface area contributed by atoms with Crippen molar-refractivity contribution in [3.8, 4) is 0 Å². The molecule has 0 aromatic heterocycles. The molecule has 0 aliphatic rings. The molecule has 0 heterocycles. The molecule has 0 aliphatic heterocycles. The lowest BCUT2D eigenvalue weighted by Gasteiger charge is -2.14. The van der Waals surface area contributed by atoms with Crippen molar-refractivity contribution in [3.05, 3.63) is 0 Å². The smallest absolute Gasteiger partial charge is 0.325 e. The van der Waals surface area contributed by atoms with E-state index in [-0.39, 0.29) is 0 Å². The molecule has 0 saturated carbocycles. The van der Waals surface area contributed by atoms with Gasteiger partial charge < -0.3 is 9.47 Å². The monoisotopic (exact) mass is 342 g/mol. The molecular weight excluding hydrogens is 323 g/mol. The minimum atomic E-state index is -1.06. The Bertz CT molecular complexity index is 234. The number of hydrogen-bond acceptors (Lipinski definition) is 4. The van der Waals surface area contributed by atoms with Gasteiger partial charge in [0, 0.05) is 0 Å². The molecule has 0 amide bonds. The number of alkyl halides is 2. The number of carbonyl (C=O) groups is 2. The topological polar surface area (TPSA) is 52.6 Å². The number of unbranched alkanes of at least 4 members (excludes halogenated alkanes) is 2. The molecule has 4 nitrogen and oxygen atoms in total. The second kappa shape index (κ2) is 10.6. The van der Waals surface area contributed by atoms with Crippen LogP contribution in [0.15, 0.2) is 0 Å². The van der Waals surface area contributed by atoms with Gasteiger partial charge in [-0.25, -0.2) is 0 Å². The SMILES string of the molecule is CCCCOC(=O)C(Cl)C(Br)C(=O)OCCCC. The van der Waals surface area contributed by atoms with Gasteiger partial charge in [-0.15, -0.1) is 11.6 Å². The van der Waals surface area contributed by atoms with Crippen LogP contribution in [0.25, 0.3) is 0 Å². The third-order valence-corrected chi connectivity index (χ3v) is 3.83. The second-order valence-corrected chi connectivity index (χ2v) is 5.30. The average Bonchev–Trinajstić information content (AvgIpc) is 2.37. The van der Waals surface area contributed by atoms with Crippen LogP contribution in [0, 0.1) is 0 Å². The van der Waals surface area contributed by atoms with Gasteiger partial charge in [-0.05, 0) is 12.8 Å². The van der Waals surface area contributed by atoms with Crippen LogP contribution in [0.3, 0.4) is 0 Å². The maximum atomic E-state index is 11.5. The molecule has 2 atom stereocenters. The van der Waals surface area contributed by atoms with E-state index >= 15 is 0 Å². The summed E-state index contributed by atoms with van der Waals surface area (Å²) in [4.78, 5) is 22.2. The summed E-state index contributed by atoms with van der Waals surface area (Å²) in [5.74, 6) is -1.13. The molecule has 18 heavy (non-hydrogen) atoms. The number of ether oxygens (including phenoxy) is 2. The summed E-state index contributed by atoms with van der Waals surface area (Å²) in [7, 11) is 0. The Labute approximate surface area is 121 Å². The first kappa shape index (κ1) is 17.7. The predicted molar refractivity (Wildman–Crippen MR) is 74.1 cm³/mol. The van der Waals surface area contributed by atoms with E-state index in [2.05, 4.69) is 15.9 Å². The number of rotatable bonds is 9. The first-order valence-corrected chi connectivity index (χ1v) is 7.51. The fourth-order valence-corrected chi connectivity index (χ4v) is 1.55. The fourth-order valence-electron chi connectivity index (χ4n) is 1.03. The lowest BCUT2D eigenvalue weighted by atomic mass is 10.3. The molecule has 0 N–H and O–H groups in total. The predicted octanol–water partition coefficient (Wildman–Crippen LogP) is 3.04. The highest BCUT2D eigenvalue weighted by Gasteiger charge is 2.32. The van der Waals surface area contributed by atoms with Crippen LogP contribution >= 0.6 is 27.5 Å². The van der Waals surface area contributed by atoms with Gasteiger partial charge in [0.05, 0.1) is 13.2 Å². The van der Waals surface area contributed by atoms with Crippen LogP contribution in [-0.2, 0) is 19.1 Å². The van der Waals surface area contributed by atoms with E-state index in [1.807, 2.05) is 13.8 Å². The van der Waals surface area contributed by atoms with Crippen molar-refractivity contribution in [2.45, 2.75) is 49.7 Å². The van der Waals surface area contributed by atoms with Crippen LogP contribution in [0.1, 0.15) is 39.5 Å². The van der Waals surface area contributed by atoms with E-state index in [4.69, 9.17) is 21.1 Å². The van der Waals surface area contributed by atoms with Gasteiger partial charge in [0.25, 0.3) is 0 Å². The van der Waals surface area contributed by atoms with Crippen LogP contribution < -0.4 is 0 Å². The molecular formula is C12H20BrClO4. The van der Waals surface area contributed by atoms with Gasteiger partial charge in [0.2, 0.25) is 0 Å². The molecule has 0 saturated heterocycles. The normalized spacial score (nSPS) is 13.8.